The lowest BCUT2D eigenvalue weighted by Crippen LogP contribution is -2.40. The van der Waals surface area contributed by atoms with Gasteiger partial charge in [-0.1, -0.05) is 30.3 Å². The fourth-order valence-electron chi connectivity index (χ4n) is 3.27. The summed E-state index contributed by atoms with van der Waals surface area (Å²) in [5.74, 6) is 0.231. The van der Waals surface area contributed by atoms with E-state index in [1.165, 1.54) is 4.90 Å². The summed E-state index contributed by atoms with van der Waals surface area (Å²) >= 11 is 0. The Morgan fingerprint density at radius 1 is 1.15 bits per heavy atom. The third kappa shape index (κ3) is 3.42. The smallest absolute Gasteiger partial charge is 0.435 e. The van der Waals surface area contributed by atoms with Gasteiger partial charge in [0.05, 0.1) is 11.9 Å². The summed E-state index contributed by atoms with van der Waals surface area (Å²) in [5.41, 5.74) is -2.41. The summed E-state index contributed by atoms with van der Waals surface area (Å²) in [4.78, 5) is 24.3. The van der Waals surface area contributed by atoms with Crippen molar-refractivity contribution in [3.8, 4) is 0 Å². The van der Waals surface area contributed by atoms with Crippen LogP contribution in [-0.4, -0.2) is 34.1 Å². The molecule has 0 radical (unpaired) electrons. The third-order valence-corrected chi connectivity index (χ3v) is 4.53. The SMILES string of the molecule is O=C(O)n1ncc(N2CCC(c3ccccc3)CC2)c(C(F)(F)F)c1=O. The number of hydrogen-bond acceptors (Lipinski definition) is 4. The Hall–Kier alpha value is -2.84. The lowest BCUT2D eigenvalue weighted by molar-refractivity contribution is -0.138. The molecule has 1 aliphatic rings. The zero-order chi connectivity index (χ0) is 18.9. The number of hydrogen-bond donors (Lipinski definition) is 1. The van der Waals surface area contributed by atoms with Gasteiger partial charge in [0.1, 0.15) is 5.56 Å². The maximum absolute atomic E-state index is 13.4. The van der Waals surface area contributed by atoms with Crippen molar-refractivity contribution in [3.05, 3.63) is 58.0 Å². The molecule has 0 saturated carbocycles. The van der Waals surface area contributed by atoms with Crippen LogP contribution in [0.4, 0.5) is 23.7 Å². The van der Waals surface area contributed by atoms with Crippen molar-refractivity contribution < 1.29 is 23.1 Å². The van der Waals surface area contributed by atoms with E-state index in [-0.39, 0.29) is 16.3 Å². The largest absolute Gasteiger partial charge is 0.463 e. The first kappa shape index (κ1) is 18.0. The average molecular weight is 367 g/mol. The van der Waals surface area contributed by atoms with Crippen LogP contribution in [0, 0.1) is 0 Å². The first-order valence-electron chi connectivity index (χ1n) is 8.01. The normalized spacial score (nSPS) is 15.9. The predicted molar refractivity (Wildman–Crippen MR) is 87.6 cm³/mol. The van der Waals surface area contributed by atoms with E-state index in [9.17, 15) is 22.8 Å². The molecule has 0 bridgehead atoms. The Labute approximate surface area is 146 Å². The third-order valence-electron chi connectivity index (χ3n) is 4.53. The highest BCUT2D eigenvalue weighted by molar-refractivity contribution is 5.67. The number of piperidine rings is 1. The first-order chi connectivity index (χ1) is 12.3. The number of benzene rings is 1. The van der Waals surface area contributed by atoms with E-state index in [0.29, 0.717) is 25.9 Å². The van der Waals surface area contributed by atoms with Crippen LogP contribution >= 0.6 is 0 Å². The standard InChI is InChI=1S/C17H16F3N3O3/c18-17(19,20)14-13(10-21-23(15(14)24)16(25)26)22-8-6-12(7-9-22)11-4-2-1-3-5-11/h1-5,10,12H,6-9H2,(H,25,26). The van der Waals surface area contributed by atoms with E-state index in [1.807, 2.05) is 30.3 Å². The van der Waals surface area contributed by atoms with Crippen LogP contribution in [0.1, 0.15) is 29.9 Å². The van der Waals surface area contributed by atoms with Gasteiger partial charge in [-0.05, 0) is 24.3 Å². The highest BCUT2D eigenvalue weighted by Gasteiger charge is 2.40. The van der Waals surface area contributed by atoms with Gasteiger partial charge in [0.15, 0.2) is 0 Å². The highest BCUT2D eigenvalue weighted by atomic mass is 19.4. The van der Waals surface area contributed by atoms with Crippen molar-refractivity contribution >= 4 is 11.8 Å². The summed E-state index contributed by atoms with van der Waals surface area (Å²) < 4.78 is 40.0. The molecule has 138 valence electrons. The molecule has 0 aliphatic carbocycles. The molecular weight excluding hydrogens is 351 g/mol. The molecule has 1 aliphatic heterocycles. The first-order valence-corrected chi connectivity index (χ1v) is 8.01. The fraction of sp³-hybridized carbons (Fsp3) is 0.353. The Bertz CT molecular complexity index is 857. The number of halogens is 3. The van der Waals surface area contributed by atoms with Crippen molar-refractivity contribution in [3.63, 3.8) is 0 Å². The zero-order valence-corrected chi connectivity index (χ0v) is 13.6. The molecule has 26 heavy (non-hydrogen) atoms. The van der Waals surface area contributed by atoms with Gasteiger partial charge in [0.2, 0.25) is 0 Å². The van der Waals surface area contributed by atoms with Gasteiger partial charge in [0.25, 0.3) is 5.56 Å². The second kappa shape index (κ2) is 6.81. The van der Waals surface area contributed by atoms with Gasteiger partial charge < -0.3 is 10.0 Å². The summed E-state index contributed by atoms with van der Waals surface area (Å²) in [6, 6.07) is 9.70. The minimum absolute atomic E-state index is 0.191. The molecule has 1 aromatic heterocycles. The number of alkyl halides is 3. The summed E-state index contributed by atoms with van der Waals surface area (Å²) in [7, 11) is 0. The maximum Gasteiger partial charge on any atom is 0.435 e. The van der Waals surface area contributed by atoms with E-state index in [4.69, 9.17) is 5.11 Å². The molecular formula is C17H16F3N3O3. The molecule has 1 aromatic carbocycles. The molecule has 0 unspecified atom stereocenters. The quantitative estimate of drug-likeness (QED) is 0.882. The highest BCUT2D eigenvalue weighted by Crippen LogP contribution is 2.36. The fourth-order valence-corrected chi connectivity index (χ4v) is 3.27. The van der Waals surface area contributed by atoms with Gasteiger partial charge in [0, 0.05) is 13.1 Å². The van der Waals surface area contributed by atoms with Crippen LogP contribution < -0.4 is 10.5 Å². The number of carbonyl (C=O) groups is 1. The molecule has 9 heteroatoms. The molecule has 1 N–H and O–H groups in total. The van der Waals surface area contributed by atoms with Crippen LogP contribution in [0.3, 0.4) is 0 Å². The molecule has 2 aromatic rings. The van der Waals surface area contributed by atoms with Gasteiger partial charge >= 0.3 is 12.3 Å². The van der Waals surface area contributed by atoms with Crippen LogP contribution in [0.5, 0.6) is 0 Å². The number of anilines is 1. The maximum atomic E-state index is 13.4. The Morgan fingerprint density at radius 3 is 2.31 bits per heavy atom. The molecule has 0 atom stereocenters. The summed E-state index contributed by atoms with van der Waals surface area (Å²) in [6.07, 6.45) is -4.76. The Kier molecular flexibility index (Phi) is 4.71. The van der Waals surface area contributed by atoms with E-state index in [1.54, 1.807) is 0 Å². The number of carboxylic acid groups (broad SMARTS) is 1. The van der Waals surface area contributed by atoms with Crippen LogP contribution in [0.15, 0.2) is 41.3 Å². The number of aromatic nitrogens is 2. The molecule has 2 heterocycles. The minimum Gasteiger partial charge on any atom is -0.463 e. The van der Waals surface area contributed by atoms with E-state index in [0.717, 1.165) is 11.8 Å². The zero-order valence-electron chi connectivity index (χ0n) is 13.6. The number of rotatable bonds is 2. The lowest BCUT2D eigenvalue weighted by Gasteiger charge is -2.34. The van der Waals surface area contributed by atoms with Crippen molar-refractivity contribution in [2.75, 3.05) is 18.0 Å². The average Bonchev–Trinajstić information content (AvgIpc) is 2.61. The molecule has 1 saturated heterocycles. The van der Waals surface area contributed by atoms with E-state index < -0.39 is 23.4 Å². The van der Waals surface area contributed by atoms with Crippen LogP contribution in [0.2, 0.25) is 0 Å². The van der Waals surface area contributed by atoms with Crippen LogP contribution in [0.25, 0.3) is 0 Å². The van der Waals surface area contributed by atoms with Gasteiger partial charge in [-0.3, -0.25) is 4.79 Å². The lowest BCUT2D eigenvalue weighted by atomic mass is 9.89. The molecule has 3 rings (SSSR count). The second-order valence-corrected chi connectivity index (χ2v) is 6.07. The van der Waals surface area contributed by atoms with Crippen molar-refractivity contribution in [2.45, 2.75) is 24.9 Å². The minimum atomic E-state index is -4.97. The Morgan fingerprint density at radius 2 is 1.77 bits per heavy atom. The number of nitrogens with zero attached hydrogens (tertiary/aromatic N) is 3. The molecule has 6 nitrogen and oxygen atoms in total. The van der Waals surface area contributed by atoms with Gasteiger partial charge in [-0.25, -0.2) is 4.79 Å². The van der Waals surface area contributed by atoms with E-state index in [2.05, 4.69) is 5.10 Å². The monoisotopic (exact) mass is 367 g/mol. The van der Waals surface area contributed by atoms with Crippen molar-refractivity contribution in [2.24, 2.45) is 0 Å². The van der Waals surface area contributed by atoms with Gasteiger partial charge in [-0.15, -0.1) is 4.68 Å². The van der Waals surface area contributed by atoms with Crippen molar-refractivity contribution in [1.29, 1.82) is 0 Å². The molecule has 1 fully saturated rings. The predicted octanol–water partition coefficient (Wildman–Crippen LogP) is 3.17. The van der Waals surface area contributed by atoms with Crippen LogP contribution in [-0.2, 0) is 6.18 Å². The second-order valence-electron chi connectivity index (χ2n) is 6.07. The van der Waals surface area contributed by atoms with Crippen molar-refractivity contribution in [1.82, 2.24) is 9.78 Å². The van der Waals surface area contributed by atoms with E-state index >= 15 is 0 Å². The topological polar surface area (TPSA) is 75.4 Å². The Balaban J connectivity index is 1.90. The summed E-state index contributed by atoms with van der Waals surface area (Å²) in [5, 5.41) is 12.2. The molecule has 0 amide bonds. The molecule has 0 spiro atoms. The summed E-state index contributed by atoms with van der Waals surface area (Å²) in [6.45, 7) is 0.641. The van der Waals surface area contributed by atoms with Gasteiger partial charge in [-0.2, -0.15) is 18.3 Å².